The predicted octanol–water partition coefficient (Wildman–Crippen LogP) is 2.11. The average molecular weight is 276 g/mol. The van der Waals surface area contributed by atoms with Crippen molar-refractivity contribution in [3.8, 4) is 0 Å². The largest absolute Gasteiger partial charge is 0.370 e. The number of nitrogens with zero attached hydrogens (tertiary/aromatic N) is 3. The van der Waals surface area contributed by atoms with Crippen molar-refractivity contribution >= 4 is 5.69 Å². The quantitative estimate of drug-likeness (QED) is 0.916. The van der Waals surface area contributed by atoms with Crippen LogP contribution in [0.15, 0.2) is 18.3 Å². The molecule has 0 aliphatic carbocycles. The molecule has 20 heavy (non-hydrogen) atoms. The standard InChI is InChI=1S/C16H28N4/c1-16(2,3)18-13-14-12-15(6-7-17-14)20-9-5-8-19(4)10-11-20/h6-7,12,18H,5,8-11,13H2,1-4H3. The maximum Gasteiger partial charge on any atom is 0.0562 e. The molecule has 2 rings (SSSR count). The van der Waals surface area contributed by atoms with E-state index >= 15 is 0 Å². The number of nitrogens with one attached hydrogen (secondary N) is 1. The summed E-state index contributed by atoms with van der Waals surface area (Å²) in [7, 11) is 2.20. The van der Waals surface area contributed by atoms with Gasteiger partial charge in [-0.2, -0.15) is 0 Å². The van der Waals surface area contributed by atoms with Gasteiger partial charge in [0.2, 0.25) is 0 Å². The molecule has 1 aliphatic heterocycles. The molecular weight excluding hydrogens is 248 g/mol. The minimum absolute atomic E-state index is 0.128. The average Bonchev–Trinajstić information content (AvgIpc) is 2.61. The third kappa shape index (κ3) is 4.76. The fraction of sp³-hybridized carbons (Fsp3) is 0.688. The van der Waals surface area contributed by atoms with Crippen LogP contribution in [0.5, 0.6) is 0 Å². The van der Waals surface area contributed by atoms with E-state index in [0.717, 1.165) is 31.9 Å². The summed E-state index contributed by atoms with van der Waals surface area (Å²) < 4.78 is 0. The number of anilines is 1. The lowest BCUT2D eigenvalue weighted by Gasteiger charge is -2.24. The van der Waals surface area contributed by atoms with Crippen LogP contribution in [-0.4, -0.2) is 48.6 Å². The summed E-state index contributed by atoms with van der Waals surface area (Å²) in [6.45, 7) is 11.9. The van der Waals surface area contributed by atoms with Crippen molar-refractivity contribution < 1.29 is 0 Å². The normalized spacial score (nSPS) is 18.1. The smallest absolute Gasteiger partial charge is 0.0562 e. The first-order valence-corrected chi connectivity index (χ1v) is 7.57. The van der Waals surface area contributed by atoms with Crippen LogP contribution in [0.25, 0.3) is 0 Å². The Labute approximate surface area is 123 Å². The van der Waals surface area contributed by atoms with Crippen molar-refractivity contribution in [3.63, 3.8) is 0 Å². The van der Waals surface area contributed by atoms with Crippen LogP contribution in [0, 0.1) is 0 Å². The van der Waals surface area contributed by atoms with Crippen LogP contribution < -0.4 is 10.2 Å². The highest BCUT2D eigenvalue weighted by Crippen LogP contribution is 2.17. The fourth-order valence-electron chi connectivity index (χ4n) is 2.42. The highest BCUT2D eigenvalue weighted by Gasteiger charge is 2.14. The Morgan fingerprint density at radius 3 is 2.75 bits per heavy atom. The molecule has 0 bridgehead atoms. The predicted molar refractivity (Wildman–Crippen MR) is 85.2 cm³/mol. The molecule has 1 fully saturated rings. The van der Waals surface area contributed by atoms with Gasteiger partial charge < -0.3 is 15.1 Å². The van der Waals surface area contributed by atoms with Crippen LogP contribution in [0.3, 0.4) is 0 Å². The molecule has 1 aromatic heterocycles. The van der Waals surface area contributed by atoms with Gasteiger partial charge in [-0.25, -0.2) is 0 Å². The second kappa shape index (κ2) is 6.55. The molecular formula is C16H28N4. The van der Waals surface area contributed by atoms with E-state index in [1.54, 1.807) is 0 Å². The van der Waals surface area contributed by atoms with Crippen molar-refractivity contribution in [3.05, 3.63) is 24.0 Å². The van der Waals surface area contributed by atoms with Gasteiger partial charge in [0, 0.05) is 43.6 Å². The van der Waals surface area contributed by atoms with E-state index in [-0.39, 0.29) is 5.54 Å². The Kier molecular flexibility index (Phi) is 5.00. The number of hydrogen-bond donors (Lipinski definition) is 1. The zero-order valence-corrected chi connectivity index (χ0v) is 13.3. The summed E-state index contributed by atoms with van der Waals surface area (Å²) in [6, 6.07) is 4.36. The highest BCUT2D eigenvalue weighted by molar-refractivity contribution is 5.46. The topological polar surface area (TPSA) is 31.4 Å². The van der Waals surface area contributed by atoms with Gasteiger partial charge in [0.25, 0.3) is 0 Å². The van der Waals surface area contributed by atoms with Crippen molar-refractivity contribution in [2.75, 3.05) is 38.1 Å². The van der Waals surface area contributed by atoms with Crippen LogP contribution in [0.4, 0.5) is 5.69 Å². The Morgan fingerprint density at radius 1 is 1.20 bits per heavy atom. The van der Waals surface area contributed by atoms with Gasteiger partial charge in [-0.3, -0.25) is 4.98 Å². The number of likely N-dealkylation sites (N-methyl/N-ethyl adjacent to an activating group) is 1. The van der Waals surface area contributed by atoms with E-state index in [0.29, 0.717) is 0 Å². The van der Waals surface area contributed by atoms with E-state index < -0.39 is 0 Å². The third-order valence-electron chi connectivity index (χ3n) is 3.68. The van der Waals surface area contributed by atoms with E-state index in [1.165, 1.54) is 18.7 Å². The molecule has 4 nitrogen and oxygen atoms in total. The SMILES string of the molecule is CN1CCCN(c2ccnc(CNC(C)(C)C)c2)CC1. The van der Waals surface area contributed by atoms with E-state index in [1.807, 2.05) is 6.20 Å². The van der Waals surface area contributed by atoms with Gasteiger partial charge in [-0.1, -0.05) is 0 Å². The van der Waals surface area contributed by atoms with E-state index in [9.17, 15) is 0 Å². The van der Waals surface area contributed by atoms with Gasteiger partial charge in [0.05, 0.1) is 5.69 Å². The molecule has 0 unspecified atom stereocenters. The second-order valence-corrected chi connectivity index (χ2v) is 6.75. The number of aromatic nitrogens is 1. The molecule has 1 aromatic rings. The lowest BCUT2D eigenvalue weighted by Crippen LogP contribution is -2.35. The first kappa shape index (κ1) is 15.3. The fourth-order valence-corrected chi connectivity index (χ4v) is 2.42. The lowest BCUT2D eigenvalue weighted by atomic mass is 10.1. The Balaban J connectivity index is 2.01. The molecule has 1 saturated heterocycles. The highest BCUT2D eigenvalue weighted by atomic mass is 15.2. The number of rotatable bonds is 3. The lowest BCUT2D eigenvalue weighted by molar-refractivity contribution is 0.360. The molecule has 0 radical (unpaired) electrons. The Morgan fingerprint density at radius 2 is 2.00 bits per heavy atom. The minimum Gasteiger partial charge on any atom is -0.370 e. The van der Waals surface area contributed by atoms with Crippen molar-refractivity contribution in [2.24, 2.45) is 0 Å². The van der Waals surface area contributed by atoms with Crippen molar-refractivity contribution in [2.45, 2.75) is 39.3 Å². The van der Waals surface area contributed by atoms with E-state index in [2.05, 4.69) is 60.1 Å². The zero-order chi connectivity index (χ0) is 14.6. The molecule has 1 aliphatic rings. The Hall–Kier alpha value is -1.13. The first-order valence-electron chi connectivity index (χ1n) is 7.57. The van der Waals surface area contributed by atoms with Gasteiger partial charge in [-0.15, -0.1) is 0 Å². The van der Waals surface area contributed by atoms with Crippen molar-refractivity contribution in [1.82, 2.24) is 15.2 Å². The third-order valence-corrected chi connectivity index (χ3v) is 3.68. The zero-order valence-electron chi connectivity index (χ0n) is 13.3. The van der Waals surface area contributed by atoms with Gasteiger partial charge in [0.15, 0.2) is 0 Å². The molecule has 2 heterocycles. The first-order chi connectivity index (χ1) is 9.44. The summed E-state index contributed by atoms with van der Waals surface area (Å²) in [5, 5.41) is 3.50. The molecule has 0 saturated carbocycles. The molecule has 0 amide bonds. The summed E-state index contributed by atoms with van der Waals surface area (Å²) in [5.41, 5.74) is 2.55. The number of pyridine rings is 1. The summed E-state index contributed by atoms with van der Waals surface area (Å²) >= 11 is 0. The molecule has 4 heteroatoms. The Bertz CT molecular complexity index is 425. The second-order valence-electron chi connectivity index (χ2n) is 6.75. The summed E-state index contributed by atoms with van der Waals surface area (Å²) in [6.07, 6.45) is 3.16. The van der Waals surface area contributed by atoms with Crippen LogP contribution in [-0.2, 0) is 6.54 Å². The minimum atomic E-state index is 0.128. The molecule has 1 N–H and O–H groups in total. The van der Waals surface area contributed by atoms with Gasteiger partial charge in [0.1, 0.15) is 0 Å². The van der Waals surface area contributed by atoms with Gasteiger partial charge >= 0.3 is 0 Å². The van der Waals surface area contributed by atoms with Crippen molar-refractivity contribution in [1.29, 1.82) is 0 Å². The molecule has 112 valence electrons. The molecule has 0 aromatic carbocycles. The monoisotopic (exact) mass is 276 g/mol. The maximum atomic E-state index is 4.48. The molecule has 0 atom stereocenters. The summed E-state index contributed by atoms with van der Waals surface area (Å²) in [5.74, 6) is 0. The van der Waals surface area contributed by atoms with E-state index in [4.69, 9.17) is 0 Å². The maximum absolute atomic E-state index is 4.48. The summed E-state index contributed by atoms with van der Waals surface area (Å²) in [4.78, 5) is 9.36. The number of hydrogen-bond acceptors (Lipinski definition) is 4. The van der Waals surface area contributed by atoms with Gasteiger partial charge in [-0.05, 0) is 52.9 Å². The van der Waals surface area contributed by atoms with Crippen LogP contribution >= 0.6 is 0 Å². The van der Waals surface area contributed by atoms with Crippen LogP contribution in [0.2, 0.25) is 0 Å². The molecule has 0 spiro atoms. The van der Waals surface area contributed by atoms with Crippen LogP contribution in [0.1, 0.15) is 32.9 Å².